The Kier molecular flexibility index (Phi) is 6.40. The van der Waals surface area contributed by atoms with Crippen LogP contribution in [0.5, 0.6) is 0 Å². The number of para-hydroxylation sites is 2. The third-order valence-electron chi connectivity index (χ3n) is 5.73. The fourth-order valence-corrected chi connectivity index (χ4v) is 4.23. The molecule has 0 spiro atoms. The lowest BCUT2D eigenvalue weighted by Crippen LogP contribution is -2.47. The van der Waals surface area contributed by atoms with Crippen LogP contribution in [0.2, 0.25) is 0 Å². The van der Waals surface area contributed by atoms with E-state index in [1.54, 1.807) is 6.07 Å². The molecule has 1 atom stereocenters. The summed E-state index contributed by atoms with van der Waals surface area (Å²) >= 11 is 11.7. The van der Waals surface area contributed by atoms with Gasteiger partial charge in [0, 0.05) is 28.6 Å². The van der Waals surface area contributed by atoms with Crippen LogP contribution in [-0.2, 0) is 4.79 Å². The molecule has 2 heterocycles. The summed E-state index contributed by atoms with van der Waals surface area (Å²) in [5, 5.41) is 3.70. The van der Waals surface area contributed by atoms with Crippen LogP contribution in [0.3, 0.4) is 0 Å². The first-order valence-corrected chi connectivity index (χ1v) is 11.7. The van der Waals surface area contributed by atoms with Gasteiger partial charge in [-0.3, -0.25) is 9.59 Å². The lowest BCUT2D eigenvalue weighted by atomic mass is 10.0. The second kappa shape index (κ2) is 9.78. The summed E-state index contributed by atoms with van der Waals surface area (Å²) in [6.07, 6.45) is 0.362. The van der Waals surface area contributed by atoms with Gasteiger partial charge in [-0.15, -0.1) is 0 Å². The fourth-order valence-electron chi connectivity index (χ4n) is 4.10. The summed E-state index contributed by atoms with van der Waals surface area (Å²) in [6.45, 7) is 0.120. The van der Waals surface area contributed by atoms with Crippen molar-refractivity contribution in [1.82, 2.24) is 10.3 Å². The van der Waals surface area contributed by atoms with Crippen molar-refractivity contribution < 1.29 is 9.59 Å². The molecule has 0 bridgehead atoms. The van der Waals surface area contributed by atoms with E-state index in [2.05, 4.69) is 10.3 Å². The van der Waals surface area contributed by atoms with Gasteiger partial charge < -0.3 is 15.2 Å². The predicted molar refractivity (Wildman–Crippen MR) is 140 cm³/mol. The molecule has 0 saturated heterocycles. The molecule has 0 fully saturated rings. The number of amides is 2. The van der Waals surface area contributed by atoms with Crippen LogP contribution in [-0.4, -0.2) is 35.2 Å². The summed E-state index contributed by atoms with van der Waals surface area (Å²) in [4.78, 5) is 36.3. The van der Waals surface area contributed by atoms with Crippen molar-refractivity contribution in [3.63, 3.8) is 0 Å². The zero-order chi connectivity index (χ0) is 24.4. The van der Waals surface area contributed by atoms with Gasteiger partial charge in [-0.2, -0.15) is 0 Å². The van der Waals surface area contributed by atoms with Crippen molar-refractivity contribution in [1.29, 1.82) is 0 Å². The molecule has 0 radical (unpaired) electrons. The van der Waals surface area contributed by atoms with Crippen LogP contribution in [0.15, 0.2) is 100 Å². The van der Waals surface area contributed by atoms with Crippen LogP contribution < -0.4 is 10.2 Å². The van der Waals surface area contributed by atoms with E-state index in [1.165, 1.54) is 11.0 Å². The monoisotopic (exact) mass is 502 g/mol. The lowest BCUT2D eigenvalue weighted by molar-refractivity contribution is -0.120. The number of nitrogens with zero attached hydrogens (tertiary/aromatic N) is 2. The Bertz CT molecular complexity index is 1440. The fraction of sp³-hybridized carbons (Fsp3) is 0.0741. The van der Waals surface area contributed by atoms with Crippen LogP contribution in [0.4, 0.5) is 5.69 Å². The molecular formula is C27H20Cl2N4O2. The molecule has 4 aromatic rings. The van der Waals surface area contributed by atoms with E-state index in [-0.39, 0.29) is 11.0 Å². The Balaban J connectivity index is 1.59. The van der Waals surface area contributed by atoms with Crippen molar-refractivity contribution in [3.8, 4) is 0 Å². The molecular weight excluding hydrogens is 483 g/mol. The second-order valence-corrected chi connectivity index (χ2v) is 8.96. The number of rotatable bonds is 5. The van der Waals surface area contributed by atoms with Gasteiger partial charge in [-0.05, 0) is 24.3 Å². The number of benzene rings is 3. The summed E-state index contributed by atoms with van der Waals surface area (Å²) < 4.78 is 0.0439. The topological polar surface area (TPSA) is 77.6 Å². The third-order valence-corrected chi connectivity index (χ3v) is 6.03. The van der Waals surface area contributed by atoms with E-state index >= 15 is 0 Å². The first kappa shape index (κ1) is 22.9. The molecule has 1 aromatic heterocycles. The van der Waals surface area contributed by atoms with Crippen molar-refractivity contribution in [2.75, 3.05) is 11.4 Å². The predicted octanol–water partition coefficient (Wildman–Crippen LogP) is 5.43. The van der Waals surface area contributed by atoms with Crippen molar-refractivity contribution in [2.45, 2.75) is 6.17 Å². The number of carbonyl (C=O) groups is 2. The van der Waals surface area contributed by atoms with Crippen LogP contribution >= 0.6 is 23.2 Å². The smallest absolute Gasteiger partial charge is 0.272 e. The van der Waals surface area contributed by atoms with Gasteiger partial charge in [-0.1, -0.05) is 89.9 Å². The average molecular weight is 503 g/mol. The van der Waals surface area contributed by atoms with Crippen molar-refractivity contribution >= 4 is 57.3 Å². The molecule has 5 rings (SSSR count). The van der Waals surface area contributed by atoms with Gasteiger partial charge in [0.05, 0.1) is 11.4 Å². The first-order valence-electron chi connectivity index (χ1n) is 10.9. The Hall–Kier alpha value is -3.87. The Labute approximate surface area is 211 Å². The maximum Gasteiger partial charge on any atom is 0.272 e. The van der Waals surface area contributed by atoms with E-state index in [4.69, 9.17) is 28.2 Å². The molecule has 1 aliphatic rings. The van der Waals surface area contributed by atoms with Gasteiger partial charge >= 0.3 is 0 Å². The van der Waals surface area contributed by atoms with E-state index < -0.39 is 18.0 Å². The van der Waals surface area contributed by atoms with E-state index in [1.807, 2.05) is 78.9 Å². The molecule has 3 aromatic carbocycles. The zero-order valence-electron chi connectivity index (χ0n) is 18.4. The standard InChI is InChI=1S/C27H20Cl2N4O2/c28-23(29)14-15-33-22-13-7-5-11-19(22)24(17-8-2-1-3-9-17)31-25(27(33)35)32-26(34)21-16-18-10-4-6-12-20(18)30-21/h1-14,16,25,30H,15H2,(H,32,34). The lowest BCUT2D eigenvalue weighted by Gasteiger charge is -2.24. The van der Waals surface area contributed by atoms with E-state index in [0.29, 0.717) is 17.1 Å². The Morgan fingerprint density at radius 3 is 2.49 bits per heavy atom. The molecule has 1 unspecified atom stereocenters. The number of hydrogen-bond donors (Lipinski definition) is 2. The summed E-state index contributed by atoms with van der Waals surface area (Å²) in [6, 6.07) is 26.3. The van der Waals surface area contributed by atoms with Crippen molar-refractivity contribution in [2.24, 2.45) is 4.99 Å². The number of carbonyl (C=O) groups excluding carboxylic acids is 2. The molecule has 2 N–H and O–H groups in total. The third kappa shape index (κ3) is 4.71. The number of fused-ring (bicyclic) bond motifs is 2. The SMILES string of the molecule is O=C(NC1N=C(c2ccccc2)c2ccccc2N(CC=C(Cl)Cl)C1=O)c1cc2ccccc2[nH]1. The molecule has 35 heavy (non-hydrogen) atoms. The number of halogens is 2. The largest absolute Gasteiger partial charge is 0.351 e. The van der Waals surface area contributed by atoms with Gasteiger partial charge in [0.15, 0.2) is 0 Å². The molecule has 2 amide bonds. The molecule has 1 aliphatic heterocycles. The first-order chi connectivity index (χ1) is 17.0. The molecule has 174 valence electrons. The maximum absolute atomic E-state index is 13.7. The number of anilines is 1. The highest BCUT2D eigenvalue weighted by Gasteiger charge is 2.33. The number of aliphatic imine (C=N–C) groups is 1. The van der Waals surface area contributed by atoms with Gasteiger partial charge in [0.25, 0.3) is 11.8 Å². The van der Waals surface area contributed by atoms with Gasteiger partial charge in [0.1, 0.15) is 10.2 Å². The maximum atomic E-state index is 13.7. The van der Waals surface area contributed by atoms with Crippen LogP contribution in [0, 0.1) is 0 Å². The number of nitrogens with one attached hydrogen (secondary N) is 2. The van der Waals surface area contributed by atoms with Crippen LogP contribution in [0.1, 0.15) is 21.6 Å². The highest BCUT2D eigenvalue weighted by atomic mass is 35.5. The number of aromatic amines is 1. The minimum atomic E-state index is -1.17. The van der Waals surface area contributed by atoms with Crippen molar-refractivity contribution in [3.05, 3.63) is 112 Å². The molecule has 0 saturated carbocycles. The molecule has 6 nitrogen and oxygen atoms in total. The van der Waals surface area contributed by atoms with Crippen LogP contribution in [0.25, 0.3) is 10.9 Å². The Morgan fingerprint density at radius 2 is 1.71 bits per heavy atom. The number of H-pyrrole nitrogens is 1. The minimum absolute atomic E-state index is 0.0439. The zero-order valence-corrected chi connectivity index (χ0v) is 19.9. The summed E-state index contributed by atoms with van der Waals surface area (Å²) in [7, 11) is 0. The minimum Gasteiger partial charge on any atom is -0.351 e. The highest BCUT2D eigenvalue weighted by Crippen LogP contribution is 2.29. The number of benzodiazepines with no additional fused rings is 1. The van der Waals surface area contributed by atoms with E-state index in [0.717, 1.165) is 22.0 Å². The summed E-state index contributed by atoms with van der Waals surface area (Å²) in [5.74, 6) is -0.841. The average Bonchev–Trinajstić information content (AvgIpc) is 3.27. The summed E-state index contributed by atoms with van der Waals surface area (Å²) in [5.41, 5.74) is 3.99. The normalized spacial score (nSPS) is 15.3. The highest BCUT2D eigenvalue weighted by molar-refractivity contribution is 6.55. The van der Waals surface area contributed by atoms with Gasteiger partial charge in [0.2, 0.25) is 6.17 Å². The Morgan fingerprint density at radius 1 is 1.00 bits per heavy atom. The van der Waals surface area contributed by atoms with Gasteiger partial charge in [-0.25, -0.2) is 4.99 Å². The second-order valence-electron chi connectivity index (χ2n) is 7.95. The molecule has 0 aliphatic carbocycles. The molecule has 8 heteroatoms. The number of aromatic nitrogens is 1. The quantitative estimate of drug-likeness (QED) is 0.381. The number of hydrogen-bond acceptors (Lipinski definition) is 3. The van der Waals surface area contributed by atoms with E-state index in [9.17, 15) is 9.59 Å².